The molecule has 0 spiro atoms. The second kappa shape index (κ2) is 5.13. The molecule has 8 heteroatoms. The summed E-state index contributed by atoms with van der Waals surface area (Å²) in [5.41, 5.74) is 1.57. The maximum Gasteiger partial charge on any atom is 0.310 e. The molecule has 2 nitrogen and oxygen atoms in total. The van der Waals surface area contributed by atoms with Crippen LogP contribution in [-0.4, -0.2) is 6.61 Å². The van der Waals surface area contributed by atoms with Gasteiger partial charge in [-0.15, -0.1) is 0 Å². The number of fused-ring (bicyclic) bond motifs is 3. The maximum absolute atomic E-state index is 13.2. The van der Waals surface area contributed by atoms with Crippen LogP contribution >= 0.6 is 10.2 Å². The number of anilines is 1. The Morgan fingerprint density at radius 2 is 1.69 bits per heavy atom. The van der Waals surface area contributed by atoms with Gasteiger partial charge in [-0.3, -0.25) is 0 Å². The van der Waals surface area contributed by atoms with E-state index in [2.05, 4.69) is 5.32 Å². The summed E-state index contributed by atoms with van der Waals surface area (Å²) in [7, 11) is -9.73. The molecule has 2 aliphatic rings. The Kier molecular flexibility index (Phi) is 3.48. The molecule has 3 atom stereocenters. The average molecular weight is 391 g/mol. The minimum absolute atomic E-state index is 0.118. The summed E-state index contributed by atoms with van der Waals surface area (Å²) >= 11 is 0. The van der Waals surface area contributed by atoms with E-state index >= 15 is 0 Å². The van der Waals surface area contributed by atoms with Crippen molar-refractivity contribution in [2.24, 2.45) is 5.92 Å². The average Bonchev–Trinajstić information content (AvgIpc) is 2.59. The Balaban J connectivity index is 1.81. The Labute approximate surface area is 148 Å². The molecular weight excluding hydrogens is 373 g/mol. The molecule has 0 unspecified atom stereocenters. The molecular formula is C18H18F5NOS. The largest absolute Gasteiger partial charge is 0.378 e. The zero-order valence-corrected chi connectivity index (χ0v) is 14.5. The monoisotopic (exact) mass is 391 g/mol. The van der Waals surface area contributed by atoms with Crippen molar-refractivity contribution >= 4 is 15.9 Å². The molecule has 2 aliphatic heterocycles. The van der Waals surface area contributed by atoms with Gasteiger partial charge in [-0.25, -0.2) is 0 Å². The maximum atomic E-state index is 13.2. The Hall–Kier alpha value is -1.80. The molecule has 0 radical (unpaired) electrons. The second-order valence-corrected chi connectivity index (χ2v) is 9.26. The minimum Gasteiger partial charge on any atom is -0.378 e. The highest BCUT2D eigenvalue weighted by Gasteiger charge is 2.65. The smallest absolute Gasteiger partial charge is 0.310 e. The summed E-state index contributed by atoms with van der Waals surface area (Å²) in [4.78, 5) is -1.86. The number of ether oxygens (including phenoxy) is 1. The number of benzene rings is 2. The van der Waals surface area contributed by atoms with Gasteiger partial charge in [0.1, 0.15) is 4.90 Å². The molecule has 0 aromatic heterocycles. The highest BCUT2D eigenvalue weighted by atomic mass is 32.5. The van der Waals surface area contributed by atoms with Crippen LogP contribution in [-0.2, 0) is 4.74 Å². The quantitative estimate of drug-likeness (QED) is 0.558. The van der Waals surface area contributed by atoms with Gasteiger partial charge in [0.25, 0.3) is 0 Å². The molecule has 2 heterocycles. The van der Waals surface area contributed by atoms with Crippen LogP contribution in [0, 0.1) is 5.92 Å². The summed E-state index contributed by atoms with van der Waals surface area (Å²) < 4.78 is 71.9. The lowest BCUT2D eigenvalue weighted by Gasteiger charge is -2.45. The van der Waals surface area contributed by atoms with E-state index in [9.17, 15) is 19.4 Å². The van der Waals surface area contributed by atoms with Crippen molar-refractivity contribution in [3.8, 4) is 0 Å². The molecule has 2 aromatic rings. The van der Waals surface area contributed by atoms with Crippen LogP contribution in [0.4, 0.5) is 25.1 Å². The van der Waals surface area contributed by atoms with Crippen LogP contribution < -0.4 is 5.32 Å². The third kappa shape index (κ3) is 3.16. The van der Waals surface area contributed by atoms with Crippen molar-refractivity contribution in [1.82, 2.24) is 0 Å². The van der Waals surface area contributed by atoms with Gasteiger partial charge in [0, 0.05) is 23.8 Å². The number of rotatable bonds is 2. The second-order valence-electron chi connectivity index (χ2n) is 6.85. The van der Waals surface area contributed by atoms with E-state index in [-0.39, 0.29) is 17.5 Å². The number of hydrogen-bond donors (Lipinski definition) is 1. The molecule has 1 saturated heterocycles. The Morgan fingerprint density at radius 3 is 2.38 bits per heavy atom. The molecule has 1 fully saturated rings. The van der Waals surface area contributed by atoms with Crippen LogP contribution in [0.2, 0.25) is 0 Å². The van der Waals surface area contributed by atoms with E-state index in [1.165, 1.54) is 0 Å². The van der Waals surface area contributed by atoms with Gasteiger partial charge < -0.3 is 10.1 Å². The highest BCUT2D eigenvalue weighted by molar-refractivity contribution is 8.45. The number of nitrogens with one attached hydrogen (secondary N) is 1. The van der Waals surface area contributed by atoms with E-state index in [0.717, 1.165) is 24.5 Å². The summed E-state index contributed by atoms with van der Waals surface area (Å²) in [6, 6.07) is 11.5. The van der Waals surface area contributed by atoms with Gasteiger partial charge in [-0.05, 0) is 36.6 Å². The topological polar surface area (TPSA) is 21.3 Å². The summed E-state index contributed by atoms with van der Waals surface area (Å²) in [6.45, 7) is 0.406. The van der Waals surface area contributed by atoms with Crippen molar-refractivity contribution in [2.75, 3.05) is 11.9 Å². The van der Waals surface area contributed by atoms with Crippen LogP contribution in [0.25, 0.3) is 0 Å². The molecule has 142 valence electrons. The molecule has 0 amide bonds. The van der Waals surface area contributed by atoms with Crippen molar-refractivity contribution in [2.45, 2.75) is 29.9 Å². The molecule has 0 aliphatic carbocycles. The molecule has 1 N–H and O–H groups in total. The molecule has 0 saturated carbocycles. The van der Waals surface area contributed by atoms with E-state index in [0.29, 0.717) is 24.4 Å². The Bertz CT molecular complexity index is 840. The minimum atomic E-state index is -9.73. The van der Waals surface area contributed by atoms with Gasteiger partial charge in [-0.2, -0.15) is 0 Å². The predicted molar refractivity (Wildman–Crippen MR) is 92.1 cm³/mol. The van der Waals surface area contributed by atoms with Crippen molar-refractivity contribution in [3.05, 3.63) is 59.7 Å². The zero-order chi connectivity index (χ0) is 18.6. The third-order valence-corrected chi connectivity index (χ3v) is 6.19. The fourth-order valence-electron chi connectivity index (χ4n) is 3.88. The summed E-state index contributed by atoms with van der Waals surface area (Å²) in [5.74, 6) is -0.118. The fourth-order valence-corrected chi connectivity index (χ4v) is 4.55. The summed E-state index contributed by atoms with van der Waals surface area (Å²) in [5, 5.41) is 3.24. The predicted octanol–water partition coefficient (Wildman–Crippen LogP) is 6.98. The molecule has 4 rings (SSSR count). The van der Waals surface area contributed by atoms with Crippen LogP contribution in [0.1, 0.15) is 36.1 Å². The number of hydrogen-bond acceptors (Lipinski definition) is 2. The van der Waals surface area contributed by atoms with E-state index in [1.807, 2.05) is 30.3 Å². The van der Waals surface area contributed by atoms with Gasteiger partial charge in [0.2, 0.25) is 0 Å². The molecule has 0 bridgehead atoms. The fraction of sp³-hybridized carbons (Fsp3) is 0.333. The van der Waals surface area contributed by atoms with Gasteiger partial charge in [-0.1, -0.05) is 49.8 Å². The number of halogens is 5. The molecule has 2 aromatic carbocycles. The lowest BCUT2D eigenvalue weighted by atomic mass is 9.77. The van der Waals surface area contributed by atoms with Gasteiger partial charge in [0.15, 0.2) is 0 Å². The van der Waals surface area contributed by atoms with Crippen molar-refractivity contribution in [1.29, 1.82) is 0 Å². The first-order valence-electron chi connectivity index (χ1n) is 8.34. The van der Waals surface area contributed by atoms with E-state index in [1.54, 1.807) is 0 Å². The van der Waals surface area contributed by atoms with Crippen LogP contribution in [0.5, 0.6) is 0 Å². The van der Waals surface area contributed by atoms with Gasteiger partial charge >= 0.3 is 10.2 Å². The van der Waals surface area contributed by atoms with Crippen molar-refractivity contribution < 1.29 is 24.2 Å². The molecule has 26 heavy (non-hydrogen) atoms. The highest BCUT2D eigenvalue weighted by Crippen LogP contribution is 3.02. The normalized spacial score (nSPS) is 28.1. The third-order valence-electron chi connectivity index (χ3n) is 5.04. The summed E-state index contributed by atoms with van der Waals surface area (Å²) in [6.07, 6.45) is 0.894. The van der Waals surface area contributed by atoms with E-state index in [4.69, 9.17) is 4.74 Å². The lowest BCUT2D eigenvalue weighted by molar-refractivity contribution is -0.0382. The first-order chi connectivity index (χ1) is 12.0. The van der Waals surface area contributed by atoms with Crippen molar-refractivity contribution in [3.63, 3.8) is 0 Å². The lowest BCUT2D eigenvalue weighted by Crippen LogP contribution is -2.36. The van der Waals surface area contributed by atoms with Crippen LogP contribution in [0.15, 0.2) is 53.4 Å². The first-order valence-corrected chi connectivity index (χ1v) is 10.3. The first kappa shape index (κ1) is 17.6. The Morgan fingerprint density at radius 1 is 0.962 bits per heavy atom. The van der Waals surface area contributed by atoms with Crippen LogP contribution in [0.3, 0.4) is 0 Å². The zero-order valence-electron chi connectivity index (χ0n) is 13.7. The van der Waals surface area contributed by atoms with E-state index < -0.39 is 21.2 Å². The van der Waals surface area contributed by atoms with Gasteiger partial charge in [0.05, 0.1) is 12.1 Å². The SMILES string of the molecule is FS(F)(F)(F)(F)c1ccc2c(c1)[C@H]1OCCC[C@H]1[C@H](c1ccccc1)N2. The standard InChI is InChI=1S/C18H18F5NOS/c19-26(20,21,22,23)13-8-9-16-15(11-13)18-14(7-4-10-25-18)17(24-16)12-5-2-1-3-6-12/h1-3,5-6,8-9,11,14,17-18,24H,4,7,10H2/t14-,17-,18-/m0/s1.